The molecule has 0 bridgehead atoms. The van der Waals surface area contributed by atoms with Gasteiger partial charge in [-0.2, -0.15) is 0 Å². The lowest BCUT2D eigenvalue weighted by atomic mass is 10.0. The van der Waals surface area contributed by atoms with E-state index in [1.54, 1.807) is 7.11 Å². The molecule has 0 heterocycles. The Bertz CT molecular complexity index is 253. The molecule has 0 unspecified atom stereocenters. The number of aliphatic hydroxyl groups is 1. The van der Waals surface area contributed by atoms with E-state index in [1.807, 2.05) is 13.0 Å². The van der Waals surface area contributed by atoms with Crippen molar-refractivity contribution in [2.45, 2.75) is 103 Å². The average molecular weight is 329 g/mol. The number of hydrogen-bond donors (Lipinski definition) is 1. The minimum absolute atomic E-state index is 0.0553. The summed E-state index contributed by atoms with van der Waals surface area (Å²) in [4.78, 5) is 0. The molecule has 0 aliphatic heterocycles. The molecule has 2 atom stereocenters. The Balaban J connectivity index is 3.60. The van der Waals surface area contributed by atoms with E-state index in [4.69, 9.17) is 9.47 Å². The summed E-state index contributed by atoms with van der Waals surface area (Å²) in [6, 6.07) is 0. The summed E-state index contributed by atoms with van der Waals surface area (Å²) in [6.45, 7) is 4.56. The minimum Gasteiger partial charge on any atom is -0.393 e. The van der Waals surface area contributed by atoms with Crippen LogP contribution in [-0.4, -0.2) is 31.2 Å². The van der Waals surface area contributed by atoms with Gasteiger partial charge in [0.05, 0.1) is 12.2 Å². The molecule has 0 fully saturated rings. The van der Waals surface area contributed by atoms with E-state index < -0.39 is 0 Å². The van der Waals surface area contributed by atoms with Crippen molar-refractivity contribution in [3.63, 3.8) is 0 Å². The smallest absolute Gasteiger partial charge is 0.146 e. The first-order chi connectivity index (χ1) is 11.2. The van der Waals surface area contributed by atoms with Gasteiger partial charge in [-0.05, 0) is 26.2 Å². The molecule has 23 heavy (non-hydrogen) atoms. The lowest BCUT2D eigenvalue weighted by Crippen LogP contribution is -2.21. The van der Waals surface area contributed by atoms with Crippen molar-refractivity contribution in [1.82, 2.24) is 0 Å². The predicted octanol–water partition coefficient (Wildman–Crippen LogP) is 5.61. The molecule has 3 nitrogen and oxygen atoms in total. The molecule has 0 saturated heterocycles. The average Bonchev–Trinajstić information content (AvgIpc) is 2.55. The Kier molecular flexibility index (Phi) is 17.7. The first-order valence-electron chi connectivity index (χ1n) is 9.64. The van der Waals surface area contributed by atoms with Gasteiger partial charge in [0.15, 0.2) is 0 Å². The molecular weight excluding hydrogens is 288 g/mol. The summed E-state index contributed by atoms with van der Waals surface area (Å²) in [5.74, 6) is 0. The van der Waals surface area contributed by atoms with Crippen LogP contribution in [0.5, 0.6) is 0 Å². The van der Waals surface area contributed by atoms with Gasteiger partial charge >= 0.3 is 0 Å². The summed E-state index contributed by atoms with van der Waals surface area (Å²) < 4.78 is 10.6. The second-order valence-electron chi connectivity index (χ2n) is 6.51. The first kappa shape index (κ1) is 22.6. The van der Waals surface area contributed by atoms with E-state index in [-0.39, 0.29) is 12.2 Å². The van der Waals surface area contributed by atoms with Gasteiger partial charge in [-0.1, -0.05) is 76.9 Å². The van der Waals surface area contributed by atoms with Gasteiger partial charge in [0.25, 0.3) is 0 Å². The van der Waals surface area contributed by atoms with Crippen LogP contribution in [0.15, 0.2) is 12.2 Å². The second-order valence-corrected chi connectivity index (χ2v) is 6.51. The van der Waals surface area contributed by atoms with E-state index in [9.17, 15) is 5.11 Å². The molecular formula is C20H40O3. The van der Waals surface area contributed by atoms with Gasteiger partial charge in [-0.15, -0.1) is 0 Å². The number of hydrogen-bond acceptors (Lipinski definition) is 3. The number of ether oxygens (including phenoxy) is 2. The van der Waals surface area contributed by atoms with Crippen LogP contribution in [0.2, 0.25) is 0 Å². The SMILES string of the molecule is C/C=C/C[C@H](C[C@H](O)CCCCCCCCCCC)OCOC. The van der Waals surface area contributed by atoms with Crippen LogP contribution in [0.1, 0.15) is 90.9 Å². The number of methoxy groups -OCH3 is 1. The number of aliphatic hydroxyl groups excluding tert-OH is 1. The van der Waals surface area contributed by atoms with Gasteiger partial charge in [0.1, 0.15) is 6.79 Å². The van der Waals surface area contributed by atoms with Crippen LogP contribution in [0.25, 0.3) is 0 Å². The highest BCUT2D eigenvalue weighted by Crippen LogP contribution is 2.15. The summed E-state index contributed by atoms with van der Waals surface area (Å²) in [5.41, 5.74) is 0. The molecule has 0 aliphatic rings. The largest absolute Gasteiger partial charge is 0.393 e. The Morgan fingerprint density at radius 2 is 1.57 bits per heavy atom. The van der Waals surface area contributed by atoms with Crippen molar-refractivity contribution in [3.05, 3.63) is 12.2 Å². The zero-order valence-electron chi connectivity index (χ0n) is 15.8. The monoisotopic (exact) mass is 328 g/mol. The zero-order valence-corrected chi connectivity index (χ0v) is 15.8. The summed E-state index contributed by atoms with van der Waals surface area (Å²) in [6.07, 6.45) is 18.2. The molecule has 3 heteroatoms. The van der Waals surface area contributed by atoms with Crippen molar-refractivity contribution in [2.24, 2.45) is 0 Å². The Labute approximate surface area is 144 Å². The van der Waals surface area contributed by atoms with Crippen LogP contribution >= 0.6 is 0 Å². The fraction of sp³-hybridized carbons (Fsp3) is 0.900. The van der Waals surface area contributed by atoms with E-state index in [2.05, 4.69) is 13.0 Å². The van der Waals surface area contributed by atoms with Crippen molar-refractivity contribution in [1.29, 1.82) is 0 Å². The van der Waals surface area contributed by atoms with Gasteiger partial charge in [0.2, 0.25) is 0 Å². The highest BCUT2D eigenvalue weighted by Gasteiger charge is 2.13. The lowest BCUT2D eigenvalue weighted by molar-refractivity contribution is -0.0834. The maximum Gasteiger partial charge on any atom is 0.146 e. The fourth-order valence-corrected chi connectivity index (χ4v) is 2.80. The topological polar surface area (TPSA) is 38.7 Å². The molecule has 1 N–H and O–H groups in total. The van der Waals surface area contributed by atoms with Crippen LogP contribution < -0.4 is 0 Å². The number of unbranched alkanes of at least 4 members (excludes halogenated alkanes) is 8. The molecule has 0 aromatic carbocycles. The van der Waals surface area contributed by atoms with Crippen molar-refractivity contribution in [3.8, 4) is 0 Å². The Morgan fingerprint density at radius 1 is 0.957 bits per heavy atom. The van der Waals surface area contributed by atoms with Crippen LogP contribution in [0.3, 0.4) is 0 Å². The molecule has 0 aromatic heterocycles. The molecule has 0 rings (SSSR count). The van der Waals surface area contributed by atoms with Gasteiger partial charge < -0.3 is 14.6 Å². The Morgan fingerprint density at radius 3 is 2.13 bits per heavy atom. The molecule has 0 aliphatic carbocycles. The molecule has 0 aromatic rings. The van der Waals surface area contributed by atoms with Crippen molar-refractivity contribution < 1.29 is 14.6 Å². The standard InChI is InChI=1S/C20H40O3/c1-4-6-8-9-10-11-12-13-14-15-19(21)17-20(16-7-5-2)23-18-22-3/h5,7,19-21H,4,6,8-18H2,1-3H3/b7-5+/t19-,20-/m1/s1. The van der Waals surface area contributed by atoms with Gasteiger partial charge in [-0.3, -0.25) is 0 Å². The van der Waals surface area contributed by atoms with E-state index in [1.165, 1.54) is 51.4 Å². The van der Waals surface area contributed by atoms with Crippen LogP contribution in [0, 0.1) is 0 Å². The third-order valence-electron chi connectivity index (χ3n) is 4.23. The Hall–Kier alpha value is -0.380. The normalized spacial score (nSPS) is 14.4. The third-order valence-corrected chi connectivity index (χ3v) is 4.23. The van der Waals surface area contributed by atoms with E-state index >= 15 is 0 Å². The molecule has 0 amide bonds. The highest BCUT2D eigenvalue weighted by molar-refractivity contribution is 4.82. The quantitative estimate of drug-likeness (QED) is 0.214. The maximum absolute atomic E-state index is 10.2. The minimum atomic E-state index is -0.258. The van der Waals surface area contributed by atoms with Crippen LogP contribution in [-0.2, 0) is 9.47 Å². The maximum atomic E-state index is 10.2. The summed E-state index contributed by atoms with van der Waals surface area (Å²) in [5, 5.41) is 10.2. The predicted molar refractivity (Wildman–Crippen MR) is 98.6 cm³/mol. The molecule has 0 radical (unpaired) electrons. The molecule has 0 spiro atoms. The number of rotatable bonds is 17. The zero-order chi connectivity index (χ0) is 17.2. The fourth-order valence-electron chi connectivity index (χ4n) is 2.80. The molecule has 0 saturated carbocycles. The van der Waals surface area contributed by atoms with Crippen molar-refractivity contribution in [2.75, 3.05) is 13.9 Å². The first-order valence-corrected chi connectivity index (χ1v) is 9.64. The van der Waals surface area contributed by atoms with E-state index in [0.717, 1.165) is 19.3 Å². The second kappa shape index (κ2) is 18.0. The third kappa shape index (κ3) is 16.3. The summed E-state index contributed by atoms with van der Waals surface area (Å²) >= 11 is 0. The van der Waals surface area contributed by atoms with E-state index in [0.29, 0.717) is 13.2 Å². The number of allylic oxidation sites excluding steroid dienone is 1. The van der Waals surface area contributed by atoms with Crippen LogP contribution in [0.4, 0.5) is 0 Å². The van der Waals surface area contributed by atoms with Gasteiger partial charge in [-0.25, -0.2) is 0 Å². The van der Waals surface area contributed by atoms with Crippen molar-refractivity contribution >= 4 is 0 Å². The van der Waals surface area contributed by atoms with Gasteiger partial charge in [0, 0.05) is 7.11 Å². The summed E-state index contributed by atoms with van der Waals surface area (Å²) in [7, 11) is 1.63. The molecule has 138 valence electrons. The lowest BCUT2D eigenvalue weighted by Gasteiger charge is -2.19. The highest BCUT2D eigenvalue weighted by atomic mass is 16.7.